The summed E-state index contributed by atoms with van der Waals surface area (Å²) in [6.07, 6.45) is 5.30. The minimum absolute atomic E-state index is 0.539. The van der Waals surface area contributed by atoms with Crippen molar-refractivity contribution in [2.75, 3.05) is 13.6 Å². The second kappa shape index (κ2) is 6.97. The van der Waals surface area contributed by atoms with Gasteiger partial charge in [0, 0.05) is 6.04 Å². The average molecular weight is 292 g/mol. The van der Waals surface area contributed by atoms with Gasteiger partial charge in [0.15, 0.2) is 0 Å². The highest BCUT2D eigenvalue weighted by Crippen LogP contribution is 2.36. The van der Waals surface area contributed by atoms with Gasteiger partial charge in [-0.15, -0.1) is 0 Å². The Bertz CT molecular complexity index is 440. The van der Waals surface area contributed by atoms with E-state index in [2.05, 4.69) is 51.0 Å². The molecule has 21 heavy (non-hydrogen) atoms. The third kappa shape index (κ3) is 4.58. The van der Waals surface area contributed by atoms with Gasteiger partial charge in [-0.2, -0.15) is 0 Å². The van der Waals surface area contributed by atoms with Crippen molar-refractivity contribution in [3.8, 4) is 0 Å². The van der Waals surface area contributed by atoms with Crippen LogP contribution in [-0.4, -0.2) is 24.5 Å². The van der Waals surface area contributed by atoms with Gasteiger partial charge in [-0.3, -0.25) is 4.90 Å². The standard InChI is InChI=1S/C18H32N2O/c1-6-19-12-17-14(2)11-16(21-17)13-20(5)15-7-9-18(3,4)10-8-15/h11,15,19H,6-10,12-13H2,1-5H3. The lowest BCUT2D eigenvalue weighted by atomic mass is 9.75. The van der Waals surface area contributed by atoms with E-state index in [1.54, 1.807) is 0 Å². The Kier molecular flexibility index (Phi) is 5.50. The van der Waals surface area contributed by atoms with E-state index in [-0.39, 0.29) is 0 Å². The lowest BCUT2D eigenvalue weighted by Gasteiger charge is -2.38. The molecule has 0 aliphatic heterocycles. The van der Waals surface area contributed by atoms with Gasteiger partial charge in [0.2, 0.25) is 0 Å². The van der Waals surface area contributed by atoms with Crippen molar-refractivity contribution >= 4 is 0 Å². The fourth-order valence-corrected chi connectivity index (χ4v) is 3.28. The summed E-state index contributed by atoms with van der Waals surface area (Å²) in [6.45, 7) is 11.8. The summed E-state index contributed by atoms with van der Waals surface area (Å²) in [5.74, 6) is 2.19. The van der Waals surface area contributed by atoms with Crippen LogP contribution in [0, 0.1) is 12.3 Å². The first-order valence-corrected chi connectivity index (χ1v) is 8.40. The van der Waals surface area contributed by atoms with Crippen LogP contribution in [0.1, 0.15) is 63.5 Å². The number of furan rings is 1. The average Bonchev–Trinajstić information content (AvgIpc) is 2.76. The number of hydrogen-bond donors (Lipinski definition) is 1. The molecule has 0 aromatic carbocycles. The van der Waals surface area contributed by atoms with E-state index in [9.17, 15) is 0 Å². The molecule has 0 radical (unpaired) electrons. The number of aryl methyl sites for hydroxylation is 1. The molecule has 1 aromatic rings. The molecule has 1 heterocycles. The van der Waals surface area contributed by atoms with Crippen LogP contribution in [-0.2, 0) is 13.1 Å². The second-order valence-corrected chi connectivity index (χ2v) is 7.41. The van der Waals surface area contributed by atoms with Crippen molar-refractivity contribution in [2.45, 2.75) is 72.5 Å². The molecule has 0 amide bonds. The van der Waals surface area contributed by atoms with Crippen molar-refractivity contribution in [1.29, 1.82) is 0 Å². The molecule has 3 nitrogen and oxygen atoms in total. The molecule has 0 saturated heterocycles. The second-order valence-electron chi connectivity index (χ2n) is 7.41. The zero-order valence-electron chi connectivity index (χ0n) is 14.5. The molecular formula is C18H32N2O. The first-order valence-electron chi connectivity index (χ1n) is 8.40. The van der Waals surface area contributed by atoms with E-state index in [1.807, 2.05) is 0 Å². The minimum atomic E-state index is 0.539. The fraction of sp³-hybridized carbons (Fsp3) is 0.778. The lowest BCUT2D eigenvalue weighted by molar-refractivity contribution is 0.117. The Morgan fingerprint density at radius 3 is 2.62 bits per heavy atom. The van der Waals surface area contributed by atoms with Crippen LogP contribution in [0.4, 0.5) is 0 Å². The smallest absolute Gasteiger partial charge is 0.120 e. The third-order valence-electron chi connectivity index (χ3n) is 4.94. The normalized spacial score (nSPS) is 19.3. The van der Waals surface area contributed by atoms with E-state index in [1.165, 1.54) is 31.2 Å². The first-order chi connectivity index (χ1) is 9.91. The van der Waals surface area contributed by atoms with Gasteiger partial charge in [0.1, 0.15) is 11.5 Å². The molecule has 1 aromatic heterocycles. The van der Waals surface area contributed by atoms with Gasteiger partial charge in [-0.05, 0) is 63.2 Å². The summed E-state index contributed by atoms with van der Waals surface area (Å²) >= 11 is 0. The third-order valence-corrected chi connectivity index (χ3v) is 4.94. The first kappa shape index (κ1) is 16.6. The number of nitrogens with one attached hydrogen (secondary N) is 1. The Hall–Kier alpha value is -0.800. The molecule has 0 unspecified atom stereocenters. The van der Waals surface area contributed by atoms with Crippen molar-refractivity contribution in [3.63, 3.8) is 0 Å². The molecule has 1 fully saturated rings. The highest BCUT2D eigenvalue weighted by Gasteiger charge is 2.29. The number of hydrogen-bond acceptors (Lipinski definition) is 3. The molecule has 3 heteroatoms. The monoisotopic (exact) mass is 292 g/mol. The largest absolute Gasteiger partial charge is 0.463 e. The van der Waals surface area contributed by atoms with E-state index in [4.69, 9.17) is 4.42 Å². The predicted molar refractivity (Wildman–Crippen MR) is 88.3 cm³/mol. The van der Waals surface area contributed by atoms with Gasteiger partial charge < -0.3 is 9.73 Å². The van der Waals surface area contributed by atoms with Gasteiger partial charge in [-0.25, -0.2) is 0 Å². The van der Waals surface area contributed by atoms with Crippen molar-refractivity contribution in [3.05, 3.63) is 23.2 Å². The quantitative estimate of drug-likeness (QED) is 0.855. The summed E-state index contributed by atoms with van der Waals surface area (Å²) in [7, 11) is 2.24. The number of rotatable bonds is 6. The Labute approximate surface area is 130 Å². The van der Waals surface area contributed by atoms with E-state index in [0.717, 1.165) is 31.2 Å². The van der Waals surface area contributed by atoms with E-state index in [0.29, 0.717) is 11.5 Å². The zero-order chi connectivity index (χ0) is 15.5. The van der Waals surface area contributed by atoms with Crippen LogP contribution in [0.15, 0.2) is 10.5 Å². The molecule has 1 saturated carbocycles. The molecule has 0 spiro atoms. The Balaban J connectivity index is 1.89. The molecule has 0 bridgehead atoms. The fourth-order valence-electron chi connectivity index (χ4n) is 3.28. The summed E-state index contributed by atoms with van der Waals surface area (Å²) < 4.78 is 6.01. The van der Waals surface area contributed by atoms with Crippen LogP contribution < -0.4 is 5.32 Å². The van der Waals surface area contributed by atoms with Crippen molar-refractivity contribution < 1.29 is 4.42 Å². The van der Waals surface area contributed by atoms with Gasteiger partial charge in [0.05, 0.1) is 13.1 Å². The SMILES string of the molecule is CCNCc1oc(CN(C)C2CCC(C)(C)CC2)cc1C. The molecule has 0 atom stereocenters. The van der Waals surface area contributed by atoms with Crippen LogP contribution >= 0.6 is 0 Å². The van der Waals surface area contributed by atoms with Gasteiger partial charge in [-0.1, -0.05) is 20.8 Å². The lowest BCUT2D eigenvalue weighted by Crippen LogP contribution is -2.36. The Morgan fingerprint density at radius 2 is 2.00 bits per heavy atom. The summed E-state index contributed by atoms with van der Waals surface area (Å²) in [6, 6.07) is 2.91. The zero-order valence-corrected chi connectivity index (χ0v) is 14.5. The molecule has 1 aliphatic rings. The van der Waals surface area contributed by atoms with Crippen LogP contribution in [0.2, 0.25) is 0 Å². The maximum atomic E-state index is 6.01. The topological polar surface area (TPSA) is 28.4 Å². The van der Waals surface area contributed by atoms with Crippen LogP contribution in [0.3, 0.4) is 0 Å². The van der Waals surface area contributed by atoms with E-state index >= 15 is 0 Å². The molecule has 1 aliphatic carbocycles. The molecule has 120 valence electrons. The maximum absolute atomic E-state index is 6.01. The highest BCUT2D eigenvalue weighted by molar-refractivity contribution is 5.20. The van der Waals surface area contributed by atoms with Gasteiger partial charge in [0.25, 0.3) is 0 Å². The maximum Gasteiger partial charge on any atom is 0.120 e. The molecule has 2 rings (SSSR count). The van der Waals surface area contributed by atoms with Crippen LogP contribution in [0.25, 0.3) is 0 Å². The summed E-state index contributed by atoms with van der Waals surface area (Å²) in [5, 5.41) is 3.34. The van der Waals surface area contributed by atoms with Crippen LogP contribution in [0.5, 0.6) is 0 Å². The van der Waals surface area contributed by atoms with Crippen molar-refractivity contribution in [2.24, 2.45) is 5.41 Å². The molecular weight excluding hydrogens is 260 g/mol. The summed E-state index contributed by atoms with van der Waals surface area (Å²) in [5.41, 5.74) is 1.81. The predicted octanol–water partition coefficient (Wildman–Crippen LogP) is 4.10. The minimum Gasteiger partial charge on any atom is -0.463 e. The van der Waals surface area contributed by atoms with E-state index < -0.39 is 0 Å². The van der Waals surface area contributed by atoms with Gasteiger partial charge >= 0.3 is 0 Å². The van der Waals surface area contributed by atoms with Crippen molar-refractivity contribution in [1.82, 2.24) is 10.2 Å². The highest BCUT2D eigenvalue weighted by atomic mass is 16.3. The number of nitrogens with zero attached hydrogens (tertiary/aromatic N) is 1. The molecule has 1 N–H and O–H groups in total. The Morgan fingerprint density at radius 1 is 1.33 bits per heavy atom. The summed E-state index contributed by atoms with van der Waals surface area (Å²) in [4.78, 5) is 2.48.